The van der Waals surface area contributed by atoms with Crippen molar-refractivity contribution >= 4 is 11.7 Å². The summed E-state index contributed by atoms with van der Waals surface area (Å²) in [6.45, 7) is 0.676. The van der Waals surface area contributed by atoms with Gasteiger partial charge < -0.3 is 15.4 Å². The molecule has 0 aromatic heterocycles. The number of likely N-dealkylation sites (tertiary alicyclic amines) is 1. The maximum absolute atomic E-state index is 12.4. The largest absolute Gasteiger partial charge is 0.368 e. The molecule has 0 aliphatic carbocycles. The monoisotopic (exact) mass is 274 g/mol. The zero-order valence-electron chi connectivity index (χ0n) is 11.2. The van der Waals surface area contributed by atoms with Crippen LogP contribution in [0, 0.1) is 0 Å². The molecule has 0 spiro atoms. The first-order valence-electron chi connectivity index (χ1n) is 6.91. The summed E-state index contributed by atoms with van der Waals surface area (Å²) < 4.78 is 5.38. The number of hydrogen-bond donors (Lipinski definition) is 1. The zero-order valence-corrected chi connectivity index (χ0v) is 11.2. The average molecular weight is 274 g/mol. The van der Waals surface area contributed by atoms with E-state index >= 15 is 0 Å². The highest BCUT2D eigenvalue weighted by atomic mass is 16.5. The molecule has 1 aromatic rings. The number of rotatable bonds is 3. The van der Waals surface area contributed by atoms with Crippen LogP contribution in [-0.4, -0.2) is 47.9 Å². The summed E-state index contributed by atoms with van der Waals surface area (Å²) in [4.78, 5) is 25.8. The molecule has 0 radical (unpaired) electrons. The van der Waals surface area contributed by atoms with Gasteiger partial charge in [0.2, 0.25) is 5.91 Å². The molecule has 2 aliphatic heterocycles. The summed E-state index contributed by atoms with van der Waals surface area (Å²) in [7, 11) is 0. The summed E-state index contributed by atoms with van der Waals surface area (Å²) >= 11 is 0. The molecule has 5 nitrogen and oxygen atoms in total. The summed E-state index contributed by atoms with van der Waals surface area (Å²) in [5.41, 5.74) is 7.04. The van der Waals surface area contributed by atoms with Gasteiger partial charge in [0.1, 0.15) is 12.6 Å². The maximum Gasteiger partial charge on any atom is 0.240 e. The number of nitrogens with two attached hydrogens (primary N) is 1. The lowest BCUT2D eigenvalue weighted by atomic mass is 10.0. The van der Waals surface area contributed by atoms with Crippen molar-refractivity contribution in [1.29, 1.82) is 0 Å². The lowest BCUT2D eigenvalue weighted by Gasteiger charge is -2.25. The van der Waals surface area contributed by atoms with Gasteiger partial charge in [0.25, 0.3) is 0 Å². The van der Waals surface area contributed by atoms with E-state index < -0.39 is 12.1 Å². The molecule has 3 atom stereocenters. The maximum atomic E-state index is 12.4. The molecule has 2 fully saturated rings. The van der Waals surface area contributed by atoms with E-state index in [9.17, 15) is 9.59 Å². The van der Waals surface area contributed by atoms with Gasteiger partial charge in [-0.25, -0.2) is 0 Å². The fourth-order valence-corrected chi connectivity index (χ4v) is 3.01. The Bertz CT molecular complexity index is 517. The second-order valence-corrected chi connectivity index (χ2v) is 5.38. The first-order valence-corrected chi connectivity index (χ1v) is 6.91. The Morgan fingerprint density at radius 3 is 2.90 bits per heavy atom. The molecule has 0 saturated carbocycles. The average Bonchev–Trinajstić information content (AvgIpc) is 3.03. The van der Waals surface area contributed by atoms with E-state index in [1.165, 1.54) is 0 Å². The van der Waals surface area contributed by atoms with Crippen LogP contribution >= 0.6 is 0 Å². The standard InChI is InChI=1S/C15H18N2O3/c16-11(8-10-4-2-1-3-5-10)15(19)17-7-6-13-14(17)12(18)9-20-13/h1-5,11,13-14H,6-9,16H2. The molecule has 3 rings (SSSR count). The van der Waals surface area contributed by atoms with Crippen molar-refractivity contribution in [2.24, 2.45) is 5.73 Å². The molecule has 2 N–H and O–H groups in total. The molecule has 20 heavy (non-hydrogen) atoms. The third kappa shape index (κ3) is 2.34. The predicted octanol–water partition coefficient (Wildman–Crippen LogP) is 0.125. The van der Waals surface area contributed by atoms with E-state index in [4.69, 9.17) is 10.5 Å². The van der Waals surface area contributed by atoms with Crippen LogP contribution in [0.3, 0.4) is 0 Å². The molecule has 1 aromatic carbocycles. The van der Waals surface area contributed by atoms with Crippen LogP contribution in [0.4, 0.5) is 0 Å². The van der Waals surface area contributed by atoms with Gasteiger partial charge in [-0.15, -0.1) is 0 Å². The number of nitrogens with zero attached hydrogens (tertiary/aromatic N) is 1. The second-order valence-electron chi connectivity index (χ2n) is 5.38. The predicted molar refractivity (Wildman–Crippen MR) is 73.0 cm³/mol. The number of ether oxygens (including phenoxy) is 1. The van der Waals surface area contributed by atoms with Crippen molar-refractivity contribution in [2.45, 2.75) is 31.0 Å². The fourth-order valence-electron chi connectivity index (χ4n) is 3.01. The molecule has 1 amide bonds. The smallest absolute Gasteiger partial charge is 0.240 e. The molecule has 0 bridgehead atoms. The number of carbonyl (C=O) groups excluding carboxylic acids is 2. The quantitative estimate of drug-likeness (QED) is 0.850. The van der Waals surface area contributed by atoms with E-state index in [0.717, 1.165) is 12.0 Å². The molecular weight excluding hydrogens is 256 g/mol. The molecule has 106 valence electrons. The number of carbonyl (C=O) groups is 2. The Morgan fingerprint density at radius 2 is 2.15 bits per heavy atom. The Morgan fingerprint density at radius 1 is 1.40 bits per heavy atom. The second kappa shape index (κ2) is 5.34. The van der Waals surface area contributed by atoms with Crippen molar-refractivity contribution in [3.63, 3.8) is 0 Å². The number of ketones is 1. The van der Waals surface area contributed by atoms with Gasteiger partial charge in [-0.2, -0.15) is 0 Å². The highest BCUT2D eigenvalue weighted by Gasteiger charge is 2.47. The van der Waals surface area contributed by atoms with Crippen molar-refractivity contribution in [3.8, 4) is 0 Å². The highest BCUT2D eigenvalue weighted by Crippen LogP contribution is 2.27. The van der Waals surface area contributed by atoms with Crippen LogP contribution in [0.15, 0.2) is 30.3 Å². The molecule has 3 unspecified atom stereocenters. The van der Waals surface area contributed by atoms with E-state index in [-0.39, 0.29) is 24.4 Å². The number of Topliss-reactive ketones (excluding diaryl/α,β-unsaturated/α-hetero) is 1. The molecule has 5 heteroatoms. The lowest BCUT2D eigenvalue weighted by Crippen LogP contribution is -2.50. The third-order valence-corrected chi connectivity index (χ3v) is 4.01. The minimum absolute atomic E-state index is 0.00670. The Kier molecular flexibility index (Phi) is 3.54. The van der Waals surface area contributed by atoms with Gasteiger partial charge in [0, 0.05) is 6.54 Å². The lowest BCUT2D eigenvalue weighted by molar-refractivity contribution is -0.137. The minimum Gasteiger partial charge on any atom is -0.368 e. The van der Waals surface area contributed by atoms with Gasteiger partial charge in [-0.05, 0) is 18.4 Å². The topological polar surface area (TPSA) is 72.6 Å². The van der Waals surface area contributed by atoms with Gasteiger partial charge in [0.05, 0.1) is 12.1 Å². The summed E-state index contributed by atoms with van der Waals surface area (Å²) in [5.74, 6) is -0.159. The fraction of sp³-hybridized carbons (Fsp3) is 0.467. The normalized spacial score (nSPS) is 26.6. The number of amides is 1. The van der Waals surface area contributed by atoms with Crippen molar-refractivity contribution in [2.75, 3.05) is 13.2 Å². The van der Waals surface area contributed by atoms with Gasteiger partial charge >= 0.3 is 0 Å². The van der Waals surface area contributed by atoms with Crippen molar-refractivity contribution in [1.82, 2.24) is 4.90 Å². The van der Waals surface area contributed by atoms with Crippen LogP contribution in [0.1, 0.15) is 12.0 Å². The Balaban J connectivity index is 1.68. The van der Waals surface area contributed by atoms with Crippen LogP contribution in [0.2, 0.25) is 0 Å². The summed E-state index contributed by atoms with van der Waals surface area (Å²) in [6, 6.07) is 8.65. The summed E-state index contributed by atoms with van der Waals surface area (Å²) in [6.07, 6.45) is 1.08. The van der Waals surface area contributed by atoms with Crippen LogP contribution in [-0.2, 0) is 20.7 Å². The van der Waals surface area contributed by atoms with Gasteiger partial charge in [-0.1, -0.05) is 30.3 Å². The Hall–Kier alpha value is -1.72. The van der Waals surface area contributed by atoms with E-state index in [1.54, 1.807) is 4.90 Å². The van der Waals surface area contributed by atoms with E-state index in [0.29, 0.717) is 13.0 Å². The van der Waals surface area contributed by atoms with Crippen LogP contribution in [0.25, 0.3) is 0 Å². The van der Waals surface area contributed by atoms with Crippen LogP contribution in [0.5, 0.6) is 0 Å². The van der Waals surface area contributed by atoms with E-state index in [1.807, 2.05) is 30.3 Å². The molecule has 2 saturated heterocycles. The van der Waals surface area contributed by atoms with Crippen LogP contribution < -0.4 is 5.73 Å². The Labute approximate surface area is 117 Å². The molecule has 2 aliphatic rings. The highest BCUT2D eigenvalue weighted by molar-refractivity contribution is 5.94. The number of hydrogen-bond acceptors (Lipinski definition) is 4. The third-order valence-electron chi connectivity index (χ3n) is 4.01. The zero-order chi connectivity index (χ0) is 14.1. The first kappa shape index (κ1) is 13.3. The molecule has 2 heterocycles. The SMILES string of the molecule is NC(Cc1ccccc1)C(=O)N1CCC2OCC(=O)C21. The number of fused-ring (bicyclic) bond motifs is 1. The van der Waals surface area contributed by atoms with Gasteiger partial charge in [-0.3, -0.25) is 9.59 Å². The van der Waals surface area contributed by atoms with Crippen molar-refractivity contribution in [3.05, 3.63) is 35.9 Å². The number of benzene rings is 1. The molecular formula is C15H18N2O3. The first-order chi connectivity index (χ1) is 9.66. The minimum atomic E-state index is -0.607. The van der Waals surface area contributed by atoms with Crippen molar-refractivity contribution < 1.29 is 14.3 Å². The van der Waals surface area contributed by atoms with E-state index in [2.05, 4.69) is 0 Å². The summed E-state index contributed by atoms with van der Waals surface area (Å²) in [5, 5.41) is 0. The van der Waals surface area contributed by atoms with Gasteiger partial charge in [0.15, 0.2) is 5.78 Å².